The minimum atomic E-state index is 0.178. The van der Waals surface area contributed by atoms with Gasteiger partial charge in [0.1, 0.15) is 0 Å². The van der Waals surface area contributed by atoms with Gasteiger partial charge in [0, 0.05) is 25.7 Å². The Labute approximate surface area is 79.6 Å². The van der Waals surface area contributed by atoms with Gasteiger partial charge in [0.2, 0.25) is 0 Å². The molecule has 0 aliphatic carbocycles. The molecule has 0 saturated carbocycles. The normalized spacial score (nSPS) is 26.2. The van der Waals surface area contributed by atoms with E-state index in [4.69, 9.17) is 9.73 Å². The molecule has 0 bridgehead atoms. The number of amidine groups is 1. The van der Waals surface area contributed by atoms with E-state index < -0.39 is 0 Å². The Kier molecular flexibility index (Phi) is 2.28. The fraction of sp³-hybridized carbons (Fsp3) is 0.900. The number of ether oxygens (including phenoxy) is 1. The molecular formula is C10H18N2O. The topological polar surface area (TPSA) is 33.6 Å². The summed E-state index contributed by atoms with van der Waals surface area (Å²) in [6, 6.07) is 0. The average Bonchev–Trinajstić information content (AvgIpc) is 2.51. The summed E-state index contributed by atoms with van der Waals surface area (Å²) in [6.45, 7) is 7.13. The zero-order chi connectivity index (χ0) is 9.31. The van der Waals surface area contributed by atoms with Crippen LogP contribution < -0.4 is 5.32 Å². The summed E-state index contributed by atoms with van der Waals surface area (Å²) in [5.41, 5.74) is 0.178. The maximum absolute atomic E-state index is 5.35. The van der Waals surface area contributed by atoms with E-state index in [1.807, 2.05) is 0 Å². The van der Waals surface area contributed by atoms with Gasteiger partial charge in [0.05, 0.1) is 11.4 Å². The molecule has 2 heterocycles. The van der Waals surface area contributed by atoms with Crippen molar-refractivity contribution in [3.05, 3.63) is 0 Å². The van der Waals surface area contributed by atoms with Crippen molar-refractivity contribution in [1.29, 1.82) is 0 Å². The highest BCUT2D eigenvalue weighted by atomic mass is 16.5. The van der Waals surface area contributed by atoms with Gasteiger partial charge in [-0.15, -0.1) is 0 Å². The van der Waals surface area contributed by atoms with Crippen molar-refractivity contribution >= 4 is 5.84 Å². The van der Waals surface area contributed by atoms with Crippen molar-refractivity contribution in [3.8, 4) is 0 Å². The highest BCUT2D eigenvalue weighted by Crippen LogP contribution is 2.28. The van der Waals surface area contributed by atoms with Crippen LogP contribution in [0.2, 0.25) is 0 Å². The molecule has 74 valence electrons. The predicted octanol–water partition coefficient (Wildman–Crippen LogP) is 1.19. The lowest BCUT2D eigenvalue weighted by atomic mass is 9.92. The molecule has 2 rings (SSSR count). The molecule has 0 aromatic carbocycles. The summed E-state index contributed by atoms with van der Waals surface area (Å²) < 4.78 is 5.35. The number of nitrogens with one attached hydrogen (secondary N) is 1. The zero-order valence-electron chi connectivity index (χ0n) is 8.47. The molecule has 1 fully saturated rings. The van der Waals surface area contributed by atoms with E-state index in [0.717, 1.165) is 32.6 Å². The molecule has 0 aromatic heterocycles. The molecule has 1 saturated heterocycles. The van der Waals surface area contributed by atoms with E-state index in [1.165, 1.54) is 5.84 Å². The van der Waals surface area contributed by atoms with Gasteiger partial charge in [0.15, 0.2) is 0 Å². The molecule has 0 radical (unpaired) electrons. The van der Waals surface area contributed by atoms with E-state index in [0.29, 0.717) is 5.92 Å². The van der Waals surface area contributed by atoms with Crippen LogP contribution >= 0.6 is 0 Å². The molecule has 3 nitrogen and oxygen atoms in total. The minimum absolute atomic E-state index is 0.178. The van der Waals surface area contributed by atoms with Gasteiger partial charge in [-0.2, -0.15) is 0 Å². The maximum Gasteiger partial charge on any atom is 0.0997 e. The summed E-state index contributed by atoms with van der Waals surface area (Å²) in [5.74, 6) is 1.71. The third kappa shape index (κ3) is 1.70. The van der Waals surface area contributed by atoms with Crippen LogP contribution in [0.5, 0.6) is 0 Å². The molecule has 0 atom stereocenters. The van der Waals surface area contributed by atoms with Gasteiger partial charge in [-0.05, 0) is 12.8 Å². The second-order valence-electron chi connectivity index (χ2n) is 4.34. The van der Waals surface area contributed by atoms with E-state index in [9.17, 15) is 0 Å². The Hall–Kier alpha value is -0.570. The first-order valence-electron chi connectivity index (χ1n) is 5.13. The smallest absolute Gasteiger partial charge is 0.0997 e. The second-order valence-corrected chi connectivity index (χ2v) is 4.34. The highest BCUT2D eigenvalue weighted by Gasteiger charge is 2.36. The van der Waals surface area contributed by atoms with Gasteiger partial charge in [-0.1, -0.05) is 13.8 Å². The number of rotatable bonds is 1. The van der Waals surface area contributed by atoms with Crippen molar-refractivity contribution in [2.45, 2.75) is 32.2 Å². The van der Waals surface area contributed by atoms with Gasteiger partial charge < -0.3 is 10.1 Å². The first-order valence-corrected chi connectivity index (χ1v) is 5.13. The van der Waals surface area contributed by atoms with Gasteiger partial charge in [-0.3, -0.25) is 4.99 Å². The number of hydrogen-bond acceptors (Lipinski definition) is 3. The Morgan fingerprint density at radius 1 is 1.38 bits per heavy atom. The van der Waals surface area contributed by atoms with Crippen molar-refractivity contribution in [2.24, 2.45) is 10.9 Å². The zero-order valence-corrected chi connectivity index (χ0v) is 8.47. The average molecular weight is 182 g/mol. The molecule has 2 aliphatic heterocycles. The van der Waals surface area contributed by atoms with Crippen molar-refractivity contribution in [3.63, 3.8) is 0 Å². The van der Waals surface area contributed by atoms with Crippen LogP contribution in [0.1, 0.15) is 26.7 Å². The number of hydrogen-bond donors (Lipinski definition) is 1. The largest absolute Gasteiger partial charge is 0.381 e. The maximum atomic E-state index is 5.35. The Balaban J connectivity index is 2.08. The monoisotopic (exact) mass is 182 g/mol. The SMILES string of the molecule is CC(C)C1=NC2(CCOCC2)CN1. The van der Waals surface area contributed by atoms with Gasteiger partial charge in [-0.25, -0.2) is 0 Å². The lowest BCUT2D eigenvalue weighted by Gasteiger charge is -2.29. The predicted molar refractivity (Wildman–Crippen MR) is 53.1 cm³/mol. The summed E-state index contributed by atoms with van der Waals surface area (Å²) in [7, 11) is 0. The Morgan fingerprint density at radius 2 is 2.08 bits per heavy atom. The van der Waals surface area contributed by atoms with E-state index >= 15 is 0 Å². The Morgan fingerprint density at radius 3 is 2.62 bits per heavy atom. The fourth-order valence-electron chi connectivity index (χ4n) is 1.96. The molecule has 0 amide bonds. The summed E-state index contributed by atoms with van der Waals surface area (Å²) in [4.78, 5) is 4.80. The lowest BCUT2D eigenvalue weighted by molar-refractivity contribution is 0.0584. The molecular weight excluding hydrogens is 164 g/mol. The quantitative estimate of drug-likeness (QED) is 0.661. The third-order valence-electron chi connectivity index (χ3n) is 2.93. The van der Waals surface area contributed by atoms with Gasteiger partial charge in [0.25, 0.3) is 0 Å². The van der Waals surface area contributed by atoms with Crippen LogP contribution in [-0.2, 0) is 4.74 Å². The first kappa shape index (κ1) is 9.00. The molecule has 0 unspecified atom stereocenters. The second kappa shape index (κ2) is 3.29. The van der Waals surface area contributed by atoms with Crippen LogP contribution in [0.3, 0.4) is 0 Å². The third-order valence-corrected chi connectivity index (χ3v) is 2.93. The van der Waals surface area contributed by atoms with Crippen LogP contribution in [-0.4, -0.2) is 31.1 Å². The molecule has 1 N–H and O–H groups in total. The standard InChI is InChI=1S/C10H18N2O/c1-8(2)9-11-7-10(12-9)3-5-13-6-4-10/h8H,3-7H2,1-2H3,(H,11,12). The van der Waals surface area contributed by atoms with E-state index in [-0.39, 0.29) is 5.54 Å². The molecule has 0 aromatic rings. The van der Waals surface area contributed by atoms with Crippen LogP contribution in [0.25, 0.3) is 0 Å². The van der Waals surface area contributed by atoms with Crippen LogP contribution in [0, 0.1) is 5.92 Å². The van der Waals surface area contributed by atoms with Gasteiger partial charge >= 0.3 is 0 Å². The molecule has 2 aliphatic rings. The van der Waals surface area contributed by atoms with E-state index in [2.05, 4.69) is 19.2 Å². The first-order chi connectivity index (χ1) is 6.22. The number of aliphatic imine (C=N–C) groups is 1. The highest BCUT2D eigenvalue weighted by molar-refractivity contribution is 5.86. The molecule has 3 heteroatoms. The van der Waals surface area contributed by atoms with E-state index in [1.54, 1.807) is 0 Å². The fourth-order valence-corrected chi connectivity index (χ4v) is 1.96. The molecule has 13 heavy (non-hydrogen) atoms. The van der Waals surface area contributed by atoms with Crippen molar-refractivity contribution < 1.29 is 4.74 Å². The summed E-state index contributed by atoms with van der Waals surface area (Å²) >= 11 is 0. The minimum Gasteiger partial charge on any atom is -0.381 e. The number of nitrogens with zero attached hydrogens (tertiary/aromatic N) is 1. The van der Waals surface area contributed by atoms with Crippen LogP contribution in [0.15, 0.2) is 4.99 Å². The lowest BCUT2D eigenvalue weighted by Crippen LogP contribution is -2.38. The Bertz CT molecular complexity index is 217. The summed E-state index contributed by atoms with van der Waals surface area (Å²) in [6.07, 6.45) is 2.16. The molecule has 1 spiro atoms. The van der Waals surface area contributed by atoms with Crippen LogP contribution in [0.4, 0.5) is 0 Å². The van der Waals surface area contributed by atoms with Crippen molar-refractivity contribution in [1.82, 2.24) is 5.32 Å². The van der Waals surface area contributed by atoms with Crippen molar-refractivity contribution in [2.75, 3.05) is 19.8 Å². The summed E-state index contributed by atoms with van der Waals surface area (Å²) in [5, 5.41) is 3.41.